The average molecular weight is 296 g/mol. The molecule has 1 saturated heterocycles. The number of unbranched alkanes of at least 4 members (excludes halogenated alkanes) is 2. The molecule has 2 unspecified atom stereocenters. The van der Waals surface area contributed by atoms with Crippen molar-refractivity contribution < 1.29 is 4.79 Å². The molecule has 0 spiro atoms. The zero-order chi connectivity index (χ0) is 16.3. The van der Waals surface area contributed by atoms with E-state index in [9.17, 15) is 4.79 Å². The molecule has 2 atom stereocenters. The Kier molecular flexibility index (Phi) is 6.27. The van der Waals surface area contributed by atoms with Gasteiger partial charge >= 0.3 is 0 Å². The van der Waals surface area contributed by atoms with Crippen molar-refractivity contribution in [1.82, 2.24) is 10.2 Å². The van der Waals surface area contributed by atoms with E-state index >= 15 is 0 Å². The number of carbonyl (C=O) groups is 1. The highest BCUT2D eigenvalue weighted by Crippen LogP contribution is 2.32. The summed E-state index contributed by atoms with van der Waals surface area (Å²) in [5.74, 6) is 0.723. The second-order valence-corrected chi connectivity index (χ2v) is 8.07. The van der Waals surface area contributed by atoms with E-state index in [1.807, 2.05) is 0 Å². The molecule has 0 aromatic rings. The minimum atomic E-state index is -0.381. The van der Waals surface area contributed by atoms with E-state index in [-0.39, 0.29) is 23.0 Å². The third-order valence-electron chi connectivity index (χ3n) is 4.93. The number of rotatable bonds is 8. The maximum absolute atomic E-state index is 12.8. The molecule has 0 bridgehead atoms. The molecule has 1 aliphatic heterocycles. The molecule has 0 radical (unpaired) electrons. The lowest BCUT2D eigenvalue weighted by Gasteiger charge is -2.35. The zero-order valence-electron chi connectivity index (χ0n) is 15.3. The molecule has 3 heteroatoms. The van der Waals surface area contributed by atoms with E-state index in [1.54, 1.807) is 0 Å². The van der Waals surface area contributed by atoms with Gasteiger partial charge in [0.2, 0.25) is 5.91 Å². The van der Waals surface area contributed by atoms with Gasteiger partial charge in [-0.3, -0.25) is 10.1 Å². The van der Waals surface area contributed by atoms with E-state index in [1.165, 1.54) is 25.7 Å². The fourth-order valence-corrected chi connectivity index (χ4v) is 3.25. The topological polar surface area (TPSA) is 32.3 Å². The van der Waals surface area contributed by atoms with Crippen LogP contribution in [-0.2, 0) is 4.79 Å². The Bertz CT molecular complexity index is 351. The molecule has 0 saturated carbocycles. The van der Waals surface area contributed by atoms with E-state index in [2.05, 4.69) is 58.7 Å². The lowest BCUT2D eigenvalue weighted by molar-refractivity contribution is -0.134. The highest BCUT2D eigenvalue weighted by Gasteiger charge is 2.48. The van der Waals surface area contributed by atoms with Crippen LogP contribution in [0.1, 0.15) is 80.6 Å². The van der Waals surface area contributed by atoms with Crippen LogP contribution in [0.2, 0.25) is 0 Å². The molecule has 1 N–H and O–H groups in total. The van der Waals surface area contributed by atoms with Crippen LogP contribution >= 0.6 is 0 Å². The number of amides is 1. The lowest BCUT2D eigenvalue weighted by Crippen LogP contribution is -2.46. The van der Waals surface area contributed by atoms with Crippen LogP contribution in [0.5, 0.6) is 0 Å². The summed E-state index contributed by atoms with van der Waals surface area (Å²) in [5, 5.41) is 3.58. The Morgan fingerprint density at radius 1 is 1.29 bits per heavy atom. The van der Waals surface area contributed by atoms with Crippen molar-refractivity contribution in [1.29, 1.82) is 0 Å². The molecule has 0 aromatic carbocycles. The molecule has 3 nitrogen and oxygen atoms in total. The van der Waals surface area contributed by atoms with Crippen molar-refractivity contribution in [2.45, 2.75) is 92.3 Å². The van der Waals surface area contributed by atoms with Crippen molar-refractivity contribution in [3.05, 3.63) is 0 Å². The Morgan fingerprint density at radius 3 is 2.38 bits per heavy atom. The van der Waals surface area contributed by atoms with Gasteiger partial charge in [0.25, 0.3) is 0 Å². The summed E-state index contributed by atoms with van der Waals surface area (Å²) in [4.78, 5) is 15.0. The first-order valence-corrected chi connectivity index (χ1v) is 8.75. The Labute approximate surface area is 131 Å². The number of hydrogen-bond acceptors (Lipinski definition) is 2. The highest BCUT2D eigenvalue weighted by molar-refractivity contribution is 5.88. The summed E-state index contributed by atoms with van der Waals surface area (Å²) in [5.41, 5.74) is -0.187. The maximum atomic E-state index is 12.8. The van der Waals surface area contributed by atoms with Gasteiger partial charge in [-0.05, 0) is 31.1 Å². The first-order chi connectivity index (χ1) is 9.67. The quantitative estimate of drug-likeness (QED) is 0.682. The molecular formula is C18H36N2O. The van der Waals surface area contributed by atoms with Gasteiger partial charge in [0.15, 0.2) is 0 Å². The van der Waals surface area contributed by atoms with Crippen LogP contribution in [0, 0.1) is 11.3 Å². The minimum Gasteiger partial charge on any atom is -0.325 e. The number of nitrogens with one attached hydrogen (secondary N) is 1. The van der Waals surface area contributed by atoms with Crippen LogP contribution < -0.4 is 5.32 Å². The molecule has 1 amide bonds. The highest BCUT2D eigenvalue weighted by atomic mass is 16.2. The molecule has 124 valence electrons. The summed E-state index contributed by atoms with van der Waals surface area (Å²) in [7, 11) is 0. The van der Waals surface area contributed by atoms with Gasteiger partial charge in [0, 0.05) is 6.54 Å². The lowest BCUT2D eigenvalue weighted by atomic mass is 9.85. The van der Waals surface area contributed by atoms with Crippen LogP contribution in [0.3, 0.4) is 0 Å². The van der Waals surface area contributed by atoms with Crippen LogP contribution in [0.25, 0.3) is 0 Å². The van der Waals surface area contributed by atoms with E-state index in [4.69, 9.17) is 0 Å². The zero-order valence-corrected chi connectivity index (χ0v) is 15.3. The third-order valence-corrected chi connectivity index (χ3v) is 4.93. The molecular weight excluding hydrogens is 260 g/mol. The third kappa shape index (κ3) is 4.45. The second-order valence-electron chi connectivity index (χ2n) is 8.07. The van der Waals surface area contributed by atoms with Crippen LogP contribution in [-0.4, -0.2) is 29.1 Å². The van der Waals surface area contributed by atoms with Crippen molar-refractivity contribution in [3.63, 3.8) is 0 Å². The Balaban J connectivity index is 2.80. The van der Waals surface area contributed by atoms with Crippen molar-refractivity contribution >= 4 is 5.91 Å². The van der Waals surface area contributed by atoms with Gasteiger partial charge in [-0.1, -0.05) is 60.8 Å². The second kappa shape index (κ2) is 7.13. The smallest absolute Gasteiger partial charge is 0.243 e. The van der Waals surface area contributed by atoms with Crippen LogP contribution in [0.4, 0.5) is 0 Å². The molecule has 1 aliphatic rings. The van der Waals surface area contributed by atoms with Crippen LogP contribution in [0.15, 0.2) is 0 Å². The monoisotopic (exact) mass is 296 g/mol. The van der Waals surface area contributed by atoms with Gasteiger partial charge in [-0.25, -0.2) is 0 Å². The van der Waals surface area contributed by atoms with Gasteiger partial charge < -0.3 is 4.90 Å². The number of carbonyl (C=O) groups excluding carboxylic acids is 1. The predicted octanol–water partition coefficient (Wildman–Crippen LogP) is 4.18. The SMILES string of the molecule is CCCCCC(C)(C)CN1C(=O)C(C)(CC)NC1C(C)C. The molecule has 21 heavy (non-hydrogen) atoms. The summed E-state index contributed by atoms with van der Waals surface area (Å²) in [6.07, 6.45) is 6.02. The van der Waals surface area contributed by atoms with Crippen molar-refractivity contribution in [3.8, 4) is 0 Å². The first-order valence-electron chi connectivity index (χ1n) is 8.75. The predicted molar refractivity (Wildman–Crippen MR) is 90.1 cm³/mol. The number of nitrogens with zero attached hydrogens (tertiary/aromatic N) is 1. The number of hydrogen-bond donors (Lipinski definition) is 1. The summed E-state index contributed by atoms with van der Waals surface area (Å²) < 4.78 is 0. The minimum absolute atomic E-state index is 0.174. The van der Waals surface area contributed by atoms with Gasteiger partial charge in [0.05, 0.1) is 11.7 Å². The van der Waals surface area contributed by atoms with Crippen molar-refractivity contribution in [2.75, 3.05) is 6.54 Å². The van der Waals surface area contributed by atoms with E-state index in [0.29, 0.717) is 5.92 Å². The molecule has 0 aromatic heterocycles. The van der Waals surface area contributed by atoms with E-state index < -0.39 is 0 Å². The van der Waals surface area contributed by atoms with Gasteiger partial charge in [-0.15, -0.1) is 0 Å². The Hall–Kier alpha value is -0.570. The van der Waals surface area contributed by atoms with Gasteiger partial charge in [0.1, 0.15) is 0 Å². The summed E-state index contributed by atoms with van der Waals surface area (Å²) in [6.45, 7) is 16.2. The normalized spacial score (nSPS) is 27.0. The first kappa shape index (κ1) is 18.5. The maximum Gasteiger partial charge on any atom is 0.243 e. The molecule has 1 heterocycles. The standard InChI is InChI=1S/C18H36N2O/c1-8-10-11-12-17(5,6)13-20-15(14(3)4)19-18(7,9-2)16(20)21/h14-15,19H,8-13H2,1-7H3. The average Bonchev–Trinajstić information content (AvgIpc) is 2.64. The summed E-state index contributed by atoms with van der Waals surface area (Å²) in [6, 6.07) is 0. The van der Waals surface area contributed by atoms with Gasteiger partial charge in [-0.2, -0.15) is 0 Å². The van der Waals surface area contributed by atoms with Crippen molar-refractivity contribution in [2.24, 2.45) is 11.3 Å². The largest absolute Gasteiger partial charge is 0.325 e. The van der Waals surface area contributed by atoms with E-state index in [0.717, 1.165) is 13.0 Å². The fourth-order valence-electron chi connectivity index (χ4n) is 3.25. The molecule has 1 rings (SSSR count). The fraction of sp³-hybridized carbons (Fsp3) is 0.944. The Morgan fingerprint density at radius 2 is 1.90 bits per heavy atom. The summed E-state index contributed by atoms with van der Waals surface area (Å²) >= 11 is 0. The molecule has 1 fully saturated rings. The molecule has 0 aliphatic carbocycles.